The van der Waals surface area contributed by atoms with Gasteiger partial charge in [-0.05, 0) is 39.3 Å². The Balaban J connectivity index is 2.84. The Morgan fingerprint density at radius 3 is 2.67 bits per heavy atom. The maximum Gasteiger partial charge on any atom is 0.255 e. The zero-order valence-electron chi connectivity index (χ0n) is 11.2. The Kier molecular flexibility index (Phi) is 5.16. The highest BCUT2D eigenvalue weighted by molar-refractivity contribution is 5.97. The number of hydrogen-bond acceptors (Lipinski definition) is 3. The van der Waals surface area contributed by atoms with Gasteiger partial charge in [-0.15, -0.1) is 0 Å². The summed E-state index contributed by atoms with van der Waals surface area (Å²) in [5.74, 6) is 0.398. The maximum absolute atomic E-state index is 12.2. The molecule has 100 valence electrons. The van der Waals surface area contributed by atoms with Crippen LogP contribution in [0.1, 0.15) is 37.6 Å². The van der Waals surface area contributed by atoms with E-state index in [4.69, 9.17) is 9.84 Å². The summed E-state index contributed by atoms with van der Waals surface area (Å²) in [5, 5.41) is 11.8. The molecule has 1 aromatic rings. The SMILES string of the molecule is CCOc1ccccc1C(=O)NC(C)(C)CCO. The molecule has 0 atom stereocenters. The van der Waals surface area contributed by atoms with E-state index in [1.165, 1.54) is 0 Å². The zero-order valence-corrected chi connectivity index (χ0v) is 11.2. The minimum atomic E-state index is -0.439. The Hall–Kier alpha value is -1.55. The van der Waals surface area contributed by atoms with Gasteiger partial charge < -0.3 is 15.2 Å². The molecule has 1 aromatic carbocycles. The number of aliphatic hydroxyl groups excluding tert-OH is 1. The molecule has 0 fully saturated rings. The van der Waals surface area contributed by atoms with Gasteiger partial charge in [0.1, 0.15) is 5.75 Å². The van der Waals surface area contributed by atoms with E-state index < -0.39 is 5.54 Å². The topological polar surface area (TPSA) is 58.6 Å². The van der Waals surface area contributed by atoms with E-state index in [1.807, 2.05) is 26.8 Å². The molecule has 0 spiro atoms. The molecule has 0 radical (unpaired) electrons. The molecule has 0 aromatic heterocycles. The summed E-state index contributed by atoms with van der Waals surface area (Å²) in [5.41, 5.74) is 0.0795. The van der Waals surface area contributed by atoms with Gasteiger partial charge in [0.15, 0.2) is 0 Å². The zero-order chi connectivity index (χ0) is 13.6. The Morgan fingerprint density at radius 1 is 1.39 bits per heavy atom. The summed E-state index contributed by atoms with van der Waals surface area (Å²) >= 11 is 0. The first kappa shape index (κ1) is 14.5. The first-order valence-corrected chi connectivity index (χ1v) is 6.15. The van der Waals surface area contributed by atoms with E-state index in [0.29, 0.717) is 24.3 Å². The third-order valence-corrected chi connectivity index (χ3v) is 2.62. The van der Waals surface area contributed by atoms with Crippen molar-refractivity contribution in [3.8, 4) is 5.75 Å². The Morgan fingerprint density at radius 2 is 2.06 bits per heavy atom. The van der Waals surface area contributed by atoms with E-state index in [0.717, 1.165) is 0 Å². The van der Waals surface area contributed by atoms with Gasteiger partial charge in [0.25, 0.3) is 5.91 Å². The van der Waals surface area contributed by atoms with Crippen LogP contribution in [0.2, 0.25) is 0 Å². The molecule has 0 bridgehead atoms. The minimum Gasteiger partial charge on any atom is -0.493 e. The lowest BCUT2D eigenvalue weighted by atomic mass is 10.0. The molecular weight excluding hydrogens is 230 g/mol. The van der Waals surface area contributed by atoms with Gasteiger partial charge in [0, 0.05) is 12.1 Å². The number of para-hydroxylation sites is 1. The molecule has 0 aliphatic heterocycles. The van der Waals surface area contributed by atoms with Gasteiger partial charge in [0.2, 0.25) is 0 Å². The lowest BCUT2D eigenvalue weighted by Crippen LogP contribution is -2.44. The number of hydrogen-bond donors (Lipinski definition) is 2. The van der Waals surface area contributed by atoms with Crippen molar-refractivity contribution in [2.75, 3.05) is 13.2 Å². The van der Waals surface area contributed by atoms with Crippen molar-refractivity contribution in [1.29, 1.82) is 0 Å². The van der Waals surface area contributed by atoms with Crippen LogP contribution in [-0.4, -0.2) is 29.8 Å². The fourth-order valence-corrected chi connectivity index (χ4v) is 1.65. The van der Waals surface area contributed by atoms with Crippen molar-refractivity contribution in [3.63, 3.8) is 0 Å². The van der Waals surface area contributed by atoms with E-state index in [-0.39, 0.29) is 12.5 Å². The third kappa shape index (κ3) is 4.04. The molecule has 2 N–H and O–H groups in total. The largest absolute Gasteiger partial charge is 0.493 e. The second kappa shape index (κ2) is 6.40. The second-order valence-electron chi connectivity index (χ2n) is 4.74. The van der Waals surface area contributed by atoms with E-state index >= 15 is 0 Å². The molecule has 0 aliphatic rings. The number of ether oxygens (including phenoxy) is 1. The monoisotopic (exact) mass is 251 g/mol. The smallest absolute Gasteiger partial charge is 0.255 e. The Labute approximate surface area is 108 Å². The van der Waals surface area contributed by atoms with Gasteiger partial charge >= 0.3 is 0 Å². The van der Waals surface area contributed by atoms with Crippen LogP contribution < -0.4 is 10.1 Å². The average molecular weight is 251 g/mol. The van der Waals surface area contributed by atoms with Crippen LogP contribution in [0.4, 0.5) is 0 Å². The number of carbonyl (C=O) groups is 1. The molecule has 1 amide bonds. The number of aliphatic hydroxyl groups is 1. The molecule has 4 heteroatoms. The van der Waals surface area contributed by atoms with Crippen LogP contribution >= 0.6 is 0 Å². The average Bonchev–Trinajstić information content (AvgIpc) is 2.29. The number of rotatable bonds is 6. The molecule has 0 heterocycles. The van der Waals surface area contributed by atoms with Crippen LogP contribution in [0, 0.1) is 0 Å². The maximum atomic E-state index is 12.2. The molecule has 1 rings (SSSR count). The van der Waals surface area contributed by atoms with Crippen molar-refractivity contribution >= 4 is 5.91 Å². The van der Waals surface area contributed by atoms with Gasteiger partial charge in [-0.3, -0.25) is 4.79 Å². The van der Waals surface area contributed by atoms with Gasteiger partial charge in [0.05, 0.1) is 12.2 Å². The quantitative estimate of drug-likeness (QED) is 0.812. The fraction of sp³-hybridized carbons (Fsp3) is 0.500. The molecule has 18 heavy (non-hydrogen) atoms. The Bertz CT molecular complexity index is 402. The van der Waals surface area contributed by atoms with E-state index in [1.54, 1.807) is 18.2 Å². The molecule has 0 saturated carbocycles. The van der Waals surface area contributed by atoms with Crippen LogP contribution in [0.3, 0.4) is 0 Å². The predicted octanol–water partition coefficient (Wildman–Crippen LogP) is 1.98. The summed E-state index contributed by atoms with van der Waals surface area (Å²) in [6.07, 6.45) is 0.509. The first-order valence-electron chi connectivity index (χ1n) is 6.15. The van der Waals surface area contributed by atoms with Crippen molar-refractivity contribution in [2.45, 2.75) is 32.7 Å². The number of amides is 1. The number of benzene rings is 1. The lowest BCUT2D eigenvalue weighted by Gasteiger charge is -2.25. The summed E-state index contributed by atoms with van der Waals surface area (Å²) < 4.78 is 5.42. The van der Waals surface area contributed by atoms with Crippen molar-refractivity contribution in [3.05, 3.63) is 29.8 Å². The van der Waals surface area contributed by atoms with E-state index in [2.05, 4.69) is 5.32 Å². The second-order valence-corrected chi connectivity index (χ2v) is 4.74. The highest BCUT2D eigenvalue weighted by atomic mass is 16.5. The van der Waals surface area contributed by atoms with Gasteiger partial charge in [-0.25, -0.2) is 0 Å². The molecule has 0 aliphatic carbocycles. The van der Waals surface area contributed by atoms with Crippen LogP contribution in [-0.2, 0) is 0 Å². The summed E-state index contributed by atoms with van der Waals surface area (Å²) in [7, 11) is 0. The van der Waals surface area contributed by atoms with Crippen LogP contribution in [0.5, 0.6) is 5.75 Å². The van der Waals surface area contributed by atoms with Gasteiger partial charge in [-0.2, -0.15) is 0 Å². The third-order valence-electron chi connectivity index (χ3n) is 2.62. The minimum absolute atomic E-state index is 0.0421. The first-order chi connectivity index (χ1) is 8.50. The molecular formula is C14H21NO3. The van der Waals surface area contributed by atoms with Crippen LogP contribution in [0.15, 0.2) is 24.3 Å². The summed E-state index contributed by atoms with van der Waals surface area (Å²) in [4.78, 5) is 12.2. The fourth-order valence-electron chi connectivity index (χ4n) is 1.65. The molecule has 4 nitrogen and oxygen atoms in total. The summed E-state index contributed by atoms with van der Waals surface area (Å²) in [6, 6.07) is 7.14. The lowest BCUT2D eigenvalue weighted by molar-refractivity contribution is 0.0895. The van der Waals surface area contributed by atoms with Gasteiger partial charge in [-0.1, -0.05) is 12.1 Å². The van der Waals surface area contributed by atoms with Crippen LogP contribution in [0.25, 0.3) is 0 Å². The number of nitrogens with one attached hydrogen (secondary N) is 1. The standard InChI is InChI=1S/C14H21NO3/c1-4-18-12-8-6-5-7-11(12)13(17)15-14(2,3)9-10-16/h5-8,16H,4,9-10H2,1-3H3,(H,15,17). The normalized spacial score (nSPS) is 11.1. The highest BCUT2D eigenvalue weighted by Gasteiger charge is 2.22. The summed E-state index contributed by atoms with van der Waals surface area (Å²) in [6.45, 7) is 6.20. The van der Waals surface area contributed by atoms with E-state index in [9.17, 15) is 4.79 Å². The number of carbonyl (C=O) groups excluding carboxylic acids is 1. The molecule has 0 unspecified atom stereocenters. The highest BCUT2D eigenvalue weighted by Crippen LogP contribution is 2.19. The predicted molar refractivity (Wildman–Crippen MR) is 70.9 cm³/mol. The van der Waals surface area contributed by atoms with Crippen molar-refractivity contribution < 1.29 is 14.6 Å². The molecule has 0 saturated heterocycles. The van der Waals surface area contributed by atoms with Crippen molar-refractivity contribution in [1.82, 2.24) is 5.32 Å². The van der Waals surface area contributed by atoms with Crippen molar-refractivity contribution in [2.24, 2.45) is 0 Å².